The van der Waals surface area contributed by atoms with E-state index in [0.717, 1.165) is 18.2 Å². The fourth-order valence-electron chi connectivity index (χ4n) is 2.44. The van der Waals surface area contributed by atoms with E-state index in [9.17, 15) is 9.50 Å². The summed E-state index contributed by atoms with van der Waals surface area (Å²) in [6.07, 6.45) is 2.96. The van der Waals surface area contributed by atoms with E-state index in [0.29, 0.717) is 23.3 Å². The van der Waals surface area contributed by atoms with Crippen LogP contribution in [-0.2, 0) is 4.74 Å². The van der Waals surface area contributed by atoms with Gasteiger partial charge in [-0.3, -0.25) is 0 Å². The maximum absolute atomic E-state index is 13.7. The van der Waals surface area contributed by atoms with Gasteiger partial charge in [-0.25, -0.2) is 4.39 Å². The Kier molecular flexibility index (Phi) is 3.22. The van der Waals surface area contributed by atoms with Crippen LogP contribution in [0.2, 0.25) is 0 Å². The van der Waals surface area contributed by atoms with Gasteiger partial charge in [0.2, 0.25) is 0 Å². The van der Waals surface area contributed by atoms with Gasteiger partial charge in [-0.2, -0.15) is 0 Å². The molecule has 0 saturated heterocycles. The molecule has 0 fully saturated rings. The van der Waals surface area contributed by atoms with Crippen molar-refractivity contribution in [3.8, 4) is 0 Å². The van der Waals surface area contributed by atoms with E-state index in [1.54, 1.807) is 18.2 Å². The summed E-state index contributed by atoms with van der Waals surface area (Å²) in [4.78, 5) is 0. The predicted octanol–water partition coefficient (Wildman–Crippen LogP) is 3.71. The van der Waals surface area contributed by atoms with Gasteiger partial charge >= 0.3 is 0 Å². The summed E-state index contributed by atoms with van der Waals surface area (Å²) >= 11 is 0. The highest BCUT2D eigenvalue weighted by molar-refractivity contribution is 5.86. The largest absolute Gasteiger partial charge is 0.495 e. The molecule has 1 N–H and O–H groups in total. The molecule has 2 aromatic carbocycles. The third-order valence-corrected chi connectivity index (χ3v) is 3.43. The number of hydrogen-bond acceptors (Lipinski definition) is 2. The fourth-order valence-corrected chi connectivity index (χ4v) is 2.44. The highest BCUT2D eigenvalue weighted by atomic mass is 19.1. The van der Waals surface area contributed by atoms with Crippen LogP contribution >= 0.6 is 0 Å². The van der Waals surface area contributed by atoms with Gasteiger partial charge in [-0.15, -0.1) is 0 Å². The lowest BCUT2D eigenvalue weighted by Crippen LogP contribution is -2.10. The van der Waals surface area contributed by atoms with Crippen LogP contribution in [0.4, 0.5) is 4.39 Å². The normalized spacial score (nSPS) is 16.8. The zero-order valence-electron chi connectivity index (χ0n) is 10.5. The number of benzene rings is 2. The third-order valence-electron chi connectivity index (χ3n) is 3.43. The molecular weight excluding hydrogens is 243 g/mol. The first kappa shape index (κ1) is 12.2. The molecule has 0 radical (unpaired) electrons. The first-order chi connectivity index (χ1) is 9.27. The average Bonchev–Trinajstić information content (AvgIpc) is 2.48. The van der Waals surface area contributed by atoms with Gasteiger partial charge < -0.3 is 9.84 Å². The van der Waals surface area contributed by atoms with Crippen molar-refractivity contribution < 1.29 is 14.2 Å². The van der Waals surface area contributed by atoms with Crippen LogP contribution in [-0.4, -0.2) is 11.7 Å². The van der Waals surface area contributed by atoms with Gasteiger partial charge in [0.05, 0.1) is 6.61 Å². The average molecular weight is 258 g/mol. The third kappa shape index (κ3) is 2.22. The number of hydrogen-bond donors (Lipinski definition) is 1. The standard InChI is InChI=1S/C16H15FO2/c17-14-9-8-13(11-5-1-2-6-12(11)14)16(18)15-7-3-4-10-19-15/h1-2,5-9,16,18H,3-4,10H2. The molecule has 3 rings (SSSR count). The van der Waals surface area contributed by atoms with Gasteiger partial charge in [-0.05, 0) is 35.9 Å². The van der Waals surface area contributed by atoms with Crippen LogP contribution in [0.5, 0.6) is 0 Å². The van der Waals surface area contributed by atoms with E-state index in [2.05, 4.69) is 0 Å². The Labute approximate surface area is 111 Å². The minimum Gasteiger partial charge on any atom is -0.495 e. The molecule has 1 unspecified atom stereocenters. The van der Waals surface area contributed by atoms with E-state index in [1.165, 1.54) is 6.07 Å². The molecule has 0 aliphatic carbocycles. The summed E-state index contributed by atoms with van der Waals surface area (Å²) in [6.45, 7) is 0.627. The molecule has 0 aromatic heterocycles. The Hall–Kier alpha value is -1.87. The minimum atomic E-state index is -0.828. The first-order valence-electron chi connectivity index (χ1n) is 6.45. The summed E-state index contributed by atoms with van der Waals surface area (Å²) in [6, 6.07) is 10.2. The zero-order valence-corrected chi connectivity index (χ0v) is 10.5. The number of ether oxygens (including phenoxy) is 1. The molecule has 1 aliphatic rings. The van der Waals surface area contributed by atoms with Crippen LogP contribution < -0.4 is 0 Å². The molecule has 0 bridgehead atoms. The van der Waals surface area contributed by atoms with Crippen molar-refractivity contribution in [3.05, 3.63) is 59.6 Å². The highest BCUT2D eigenvalue weighted by Crippen LogP contribution is 2.32. The molecule has 3 heteroatoms. The molecule has 1 aliphatic heterocycles. The molecule has 1 atom stereocenters. The van der Waals surface area contributed by atoms with Gasteiger partial charge in [0.1, 0.15) is 17.7 Å². The number of halogens is 1. The van der Waals surface area contributed by atoms with E-state index in [1.807, 2.05) is 18.2 Å². The number of allylic oxidation sites excluding steroid dienone is 1. The van der Waals surface area contributed by atoms with Crippen molar-refractivity contribution in [2.24, 2.45) is 0 Å². The van der Waals surface area contributed by atoms with Crippen molar-refractivity contribution in [1.82, 2.24) is 0 Å². The van der Waals surface area contributed by atoms with E-state index in [4.69, 9.17) is 4.74 Å². The summed E-state index contributed by atoms with van der Waals surface area (Å²) in [7, 11) is 0. The summed E-state index contributed by atoms with van der Waals surface area (Å²) in [5.74, 6) is 0.299. The van der Waals surface area contributed by atoms with Crippen molar-refractivity contribution >= 4 is 10.8 Å². The minimum absolute atomic E-state index is 0.273. The Morgan fingerprint density at radius 2 is 1.89 bits per heavy atom. The highest BCUT2D eigenvalue weighted by Gasteiger charge is 2.19. The van der Waals surface area contributed by atoms with Crippen LogP contribution in [0.15, 0.2) is 48.2 Å². The molecule has 0 amide bonds. The van der Waals surface area contributed by atoms with Crippen LogP contribution in [0.25, 0.3) is 10.8 Å². The Morgan fingerprint density at radius 3 is 2.63 bits per heavy atom. The SMILES string of the molecule is OC(C1=CCCCO1)c1ccc(F)c2ccccc12. The number of fused-ring (bicyclic) bond motifs is 1. The van der Waals surface area contributed by atoms with Gasteiger partial charge in [0.25, 0.3) is 0 Å². The summed E-state index contributed by atoms with van der Waals surface area (Å²) < 4.78 is 19.2. The van der Waals surface area contributed by atoms with Crippen LogP contribution in [0.3, 0.4) is 0 Å². The first-order valence-corrected chi connectivity index (χ1v) is 6.45. The second-order valence-electron chi connectivity index (χ2n) is 4.68. The monoisotopic (exact) mass is 258 g/mol. The Bertz CT molecular complexity index is 634. The second kappa shape index (κ2) is 5.02. The molecule has 98 valence electrons. The molecule has 1 heterocycles. The summed E-state index contributed by atoms with van der Waals surface area (Å²) in [5.41, 5.74) is 0.685. The maximum atomic E-state index is 13.7. The van der Waals surface area contributed by atoms with Gasteiger partial charge in [0, 0.05) is 5.39 Å². The quantitative estimate of drug-likeness (QED) is 0.889. The summed E-state index contributed by atoms with van der Waals surface area (Å²) in [5, 5.41) is 11.7. The number of aliphatic hydroxyl groups excluding tert-OH is 1. The van der Waals surface area contributed by atoms with Crippen LogP contribution in [0.1, 0.15) is 24.5 Å². The molecule has 2 nitrogen and oxygen atoms in total. The number of rotatable bonds is 2. The van der Waals surface area contributed by atoms with Crippen LogP contribution in [0, 0.1) is 5.82 Å². The maximum Gasteiger partial charge on any atom is 0.136 e. The lowest BCUT2D eigenvalue weighted by Gasteiger charge is -2.21. The number of aliphatic hydroxyl groups is 1. The molecule has 19 heavy (non-hydrogen) atoms. The Morgan fingerprint density at radius 1 is 1.11 bits per heavy atom. The van der Waals surface area contributed by atoms with Gasteiger partial charge in [-0.1, -0.05) is 30.3 Å². The van der Waals surface area contributed by atoms with E-state index >= 15 is 0 Å². The smallest absolute Gasteiger partial charge is 0.136 e. The second-order valence-corrected chi connectivity index (χ2v) is 4.68. The molecule has 2 aromatic rings. The van der Waals surface area contributed by atoms with E-state index in [-0.39, 0.29) is 5.82 Å². The predicted molar refractivity (Wildman–Crippen MR) is 72.1 cm³/mol. The topological polar surface area (TPSA) is 29.5 Å². The lowest BCUT2D eigenvalue weighted by atomic mass is 9.98. The Balaban J connectivity index is 2.10. The molecule has 0 saturated carbocycles. The van der Waals surface area contributed by atoms with Crippen molar-refractivity contribution in [1.29, 1.82) is 0 Å². The van der Waals surface area contributed by atoms with Crippen molar-refractivity contribution in [2.75, 3.05) is 6.61 Å². The molecule has 0 spiro atoms. The van der Waals surface area contributed by atoms with Gasteiger partial charge in [0.15, 0.2) is 0 Å². The van der Waals surface area contributed by atoms with Crippen molar-refractivity contribution in [2.45, 2.75) is 18.9 Å². The van der Waals surface area contributed by atoms with E-state index < -0.39 is 6.10 Å². The zero-order chi connectivity index (χ0) is 13.2. The lowest BCUT2D eigenvalue weighted by molar-refractivity contribution is 0.0925. The fraction of sp³-hybridized carbons (Fsp3) is 0.250. The molecular formula is C16H15FO2. The van der Waals surface area contributed by atoms with Crippen molar-refractivity contribution in [3.63, 3.8) is 0 Å².